The summed E-state index contributed by atoms with van der Waals surface area (Å²) in [4.78, 5) is 15.8. The molecule has 0 fully saturated rings. The van der Waals surface area contributed by atoms with Crippen LogP contribution in [-0.4, -0.2) is 19.9 Å². The second-order valence-corrected chi connectivity index (χ2v) is 4.29. The van der Waals surface area contributed by atoms with Crippen molar-refractivity contribution in [1.82, 2.24) is 19.9 Å². The number of halogens is 1. The average Bonchev–Trinajstić information content (AvgIpc) is 2.72. The second kappa shape index (κ2) is 3.68. The summed E-state index contributed by atoms with van der Waals surface area (Å²) in [7, 11) is 0. The molecule has 5 heteroatoms. The van der Waals surface area contributed by atoms with Crippen LogP contribution in [0.1, 0.15) is 0 Å². The van der Waals surface area contributed by atoms with Crippen molar-refractivity contribution in [1.29, 1.82) is 0 Å². The van der Waals surface area contributed by atoms with Gasteiger partial charge in [0.2, 0.25) is 0 Å². The number of H-pyrrole nitrogens is 1. The third-order valence-electron chi connectivity index (χ3n) is 2.26. The van der Waals surface area contributed by atoms with Crippen molar-refractivity contribution < 1.29 is 0 Å². The molecule has 0 aliphatic rings. The molecule has 0 atom stereocenters. The van der Waals surface area contributed by atoms with Gasteiger partial charge < -0.3 is 4.98 Å². The van der Waals surface area contributed by atoms with Gasteiger partial charge >= 0.3 is 0 Å². The van der Waals surface area contributed by atoms with Crippen LogP contribution in [-0.2, 0) is 0 Å². The highest BCUT2D eigenvalue weighted by Crippen LogP contribution is 2.21. The molecule has 3 aromatic rings. The highest BCUT2D eigenvalue weighted by atomic mass is 79.9. The van der Waals surface area contributed by atoms with Gasteiger partial charge in [0.25, 0.3) is 0 Å². The maximum absolute atomic E-state index is 4.47. The summed E-state index contributed by atoms with van der Waals surface area (Å²) in [6.07, 6.45) is 7.01. The number of fused-ring (bicyclic) bond motifs is 1. The molecule has 0 amide bonds. The van der Waals surface area contributed by atoms with Crippen LogP contribution < -0.4 is 0 Å². The van der Waals surface area contributed by atoms with Gasteiger partial charge in [-0.3, -0.25) is 9.97 Å². The lowest BCUT2D eigenvalue weighted by atomic mass is 10.3. The van der Waals surface area contributed by atoms with Gasteiger partial charge in [0.1, 0.15) is 5.82 Å². The van der Waals surface area contributed by atoms with E-state index in [9.17, 15) is 0 Å². The van der Waals surface area contributed by atoms with Crippen molar-refractivity contribution in [2.24, 2.45) is 0 Å². The van der Waals surface area contributed by atoms with Crippen molar-refractivity contribution >= 4 is 27.0 Å². The van der Waals surface area contributed by atoms with E-state index in [0.717, 1.165) is 26.9 Å². The smallest absolute Gasteiger partial charge is 0.140 e. The number of hydrogen-bond acceptors (Lipinski definition) is 3. The summed E-state index contributed by atoms with van der Waals surface area (Å²) in [6, 6.07) is 3.85. The first kappa shape index (κ1) is 9.47. The van der Waals surface area contributed by atoms with Crippen molar-refractivity contribution in [3.05, 3.63) is 41.4 Å². The van der Waals surface area contributed by atoms with Crippen molar-refractivity contribution in [3.8, 4) is 11.4 Å². The van der Waals surface area contributed by atoms with Crippen LogP contribution in [0.15, 0.2) is 41.4 Å². The average molecular weight is 275 g/mol. The standard InChI is InChI=1S/C11H7BrN4/c12-8-3-7(4-14-5-8)11-15-9-1-2-13-6-10(9)16-11/h1-6H,(H,15,16). The fourth-order valence-corrected chi connectivity index (χ4v) is 1.90. The predicted octanol–water partition coefficient (Wildman–Crippen LogP) is 2.78. The topological polar surface area (TPSA) is 54.5 Å². The minimum atomic E-state index is 0.803. The van der Waals surface area contributed by atoms with E-state index in [1.165, 1.54) is 0 Å². The normalized spacial score (nSPS) is 10.8. The van der Waals surface area contributed by atoms with Crippen molar-refractivity contribution in [2.75, 3.05) is 0 Å². The van der Waals surface area contributed by atoms with Gasteiger partial charge in [-0.25, -0.2) is 4.98 Å². The molecule has 16 heavy (non-hydrogen) atoms. The Hall–Kier alpha value is -1.75. The summed E-state index contributed by atoms with van der Waals surface area (Å²) in [5, 5.41) is 0. The van der Waals surface area contributed by atoms with Gasteiger partial charge in [-0.15, -0.1) is 0 Å². The van der Waals surface area contributed by atoms with Crippen LogP contribution >= 0.6 is 15.9 Å². The first-order valence-corrected chi connectivity index (χ1v) is 5.53. The van der Waals surface area contributed by atoms with Gasteiger partial charge in [0, 0.05) is 28.6 Å². The van der Waals surface area contributed by atoms with Crippen molar-refractivity contribution in [2.45, 2.75) is 0 Å². The van der Waals surface area contributed by atoms with E-state index in [1.54, 1.807) is 24.8 Å². The highest BCUT2D eigenvalue weighted by Gasteiger charge is 2.05. The SMILES string of the molecule is Brc1cncc(-c2nc3ccncc3[nH]2)c1. The Morgan fingerprint density at radius 2 is 2.06 bits per heavy atom. The lowest BCUT2D eigenvalue weighted by Gasteiger charge is -1.95. The van der Waals surface area contributed by atoms with Crippen LogP contribution in [0.5, 0.6) is 0 Å². The molecule has 0 saturated heterocycles. The van der Waals surface area contributed by atoms with Gasteiger partial charge in [0.05, 0.1) is 17.2 Å². The zero-order valence-electron chi connectivity index (χ0n) is 8.18. The maximum atomic E-state index is 4.47. The number of hydrogen-bond donors (Lipinski definition) is 1. The number of pyridine rings is 2. The van der Waals surface area contributed by atoms with E-state index in [4.69, 9.17) is 0 Å². The molecular formula is C11H7BrN4. The maximum Gasteiger partial charge on any atom is 0.140 e. The van der Waals surface area contributed by atoms with E-state index >= 15 is 0 Å². The Labute approximate surface area is 99.9 Å². The highest BCUT2D eigenvalue weighted by molar-refractivity contribution is 9.10. The predicted molar refractivity (Wildman–Crippen MR) is 64.8 cm³/mol. The molecule has 4 nitrogen and oxygen atoms in total. The van der Waals surface area contributed by atoms with Crippen LogP contribution in [0.2, 0.25) is 0 Å². The molecule has 0 aliphatic heterocycles. The first-order chi connectivity index (χ1) is 7.83. The second-order valence-electron chi connectivity index (χ2n) is 3.37. The number of aromatic amines is 1. The van der Waals surface area contributed by atoms with Gasteiger partial charge in [0.15, 0.2) is 0 Å². The number of nitrogens with one attached hydrogen (secondary N) is 1. The Bertz CT molecular complexity index is 614. The van der Waals surface area contributed by atoms with Gasteiger partial charge in [-0.1, -0.05) is 0 Å². The third-order valence-corrected chi connectivity index (χ3v) is 2.70. The Kier molecular flexibility index (Phi) is 2.18. The molecule has 0 bridgehead atoms. The molecule has 1 N–H and O–H groups in total. The lowest BCUT2D eigenvalue weighted by Crippen LogP contribution is -1.82. The minimum Gasteiger partial charge on any atom is -0.337 e. The van der Waals surface area contributed by atoms with Crippen LogP contribution in [0.25, 0.3) is 22.4 Å². The summed E-state index contributed by atoms with van der Waals surface area (Å²) >= 11 is 3.39. The zero-order chi connectivity index (χ0) is 11.0. The molecule has 0 radical (unpaired) electrons. The van der Waals surface area contributed by atoms with Gasteiger partial charge in [-0.2, -0.15) is 0 Å². The molecule has 0 unspecified atom stereocenters. The Balaban J connectivity index is 2.19. The third kappa shape index (κ3) is 1.59. The first-order valence-electron chi connectivity index (χ1n) is 4.73. The monoisotopic (exact) mass is 274 g/mol. The molecule has 0 saturated carbocycles. The molecule has 0 spiro atoms. The van der Waals surface area contributed by atoms with Crippen LogP contribution in [0.4, 0.5) is 0 Å². The van der Waals surface area contributed by atoms with Crippen LogP contribution in [0, 0.1) is 0 Å². The summed E-state index contributed by atoms with van der Waals surface area (Å²) in [5.74, 6) is 0.803. The largest absolute Gasteiger partial charge is 0.337 e. The fraction of sp³-hybridized carbons (Fsp3) is 0. The molecular weight excluding hydrogens is 268 g/mol. The molecule has 3 rings (SSSR count). The Morgan fingerprint density at radius 1 is 1.12 bits per heavy atom. The number of nitrogens with zero attached hydrogens (tertiary/aromatic N) is 3. The number of imidazole rings is 1. The quantitative estimate of drug-likeness (QED) is 0.743. The van der Waals surface area contributed by atoms with Crippen molar-refractivity contribution in [3.63, 3.8) is 0 Å². The lowest BCUT2D eigenvalue weighted by molar-refractivity contribution is 1.26. The molecule has 3 heterocycles. The van der Waals surface area contributed by atoms with E-state index in [2.05, 4.69) is 35.9 Å². The van der Waals surface area contributed by atoms with E-state index in [-0.39, 0.29) is 0 Å². The zero-order valence-corrected chi connectivity index (χ0v) is 9.77. The molecule has 0 aliphatic carbocycles. The molecule has 3 aromatic heterocycles. The van der Waals surface area contributed by atoms with E-state index < -0.39 is 0 Å². The van der Waals surface area contributed by atoms with Crippen LogP contribution in [0.3, 0.4) is 0 Å². The van der Waals surface area contributed by atoms with E-state index in [1.807, 2.05) is 12.1 Å². The fourth-order valence-electron chi connectivity index (χ4n) is 1.53. The minimum absolute atomic E-state index is 0.803. The molecule has 0 aromatic carbocycles. The number of aromatic nitrogens is 4. The van der Waals surface area contributed by atoms with E-state index in [0.29, 0.717) is 0 Å². The summed E-state index contributed by atoms with van der Waals surface area (Å²) in [5.41, 5.74) is 2.79. The number of rotatable bonds is 1. The summed E-state index contributed by atoms with van der Waals surface area (Å²) in [6.45, 7) is 0. The Morgan fingerprint density at radius 3 is 2.88 bits per heavy atom. The summed E-state index contributed by atoms with van der Waals surface area (Å²) < 4.78 is 0.934. The molecule has 78 valence electrons. The van der Waals surface area contributed by atoms with Gasteiger partial charge in [-0.05, 0) is 28.1 Å².